The molecule has 7 nitrogen and oxygen atoms in total. The lowest BCUT2D eigenvalue weighted by Crippen LogP contribution is -2.39. The van der Waals surface area contributed by atoms with Crippen molar-refractivity contribution in [2.24, 2.45) is 0 Å². The van der Waals surface area contributed by atoms with E-state index >= 15 is 0 Å². The Morgan fingerprint density at radius 3 is 2.66 bits per heavy atom. The predicted octanol–water partition coefficient (Wildman–Crippen LogP) is 3.62. The fourth-order valence-corrected chi connectivity index (χ4v) is 5.09. The fourth-order valence-electron chi connectivity index (χ4n) is 3.56. The van der Waals surface area contributed by atoms with Crippen molar-refractivity contribution < 1.29 is 17.7 Å². The lowest BCUT2D eigenvalue weighted by molar-refractivity contribution is 0.265. The summed E-state index contributed by atoms with van der Waals surface area (Å²) in [4.78, 5) is 4.84. The molecule has 1 fully saturated rings. The third-order valence-corrected chi connectivity index (χ3v) is 7.06. The predicted molar refractivity (Wildman–Crippen MR) is 108 cm³/mol. The van der Waals surface area contributed by atoms with E-state index in [1.54, 1.807) is 19.2 Å². The molecule has 1 atom stereocenters. The molecule has 2 heterocycles. The summed E-state index contributed by atoms with van der Waals surface area (Å²) in [6.07, 6.45) is 1.54. The SMILES string of the molecule is COc1ccccc1-c1noc(C2CCCN(S(=O)(=O)c3ccc(C)cc3)C2)n1. The second-order valence-electron chi connectivity index (χ2n) is 7.17. The van der Waals surface area contributed by atoms with Crippen LogP contribution >= 0.6 is 0 Å². The molecule has 1 aliphatic heterocycles. The van der Waals surface area contributed by atoms with Crippen LogP contribution in [0.5, 0.6) is 5.75 Å². The minimum absolute atomic E-state index is 0.139. The Balaban J connectivity index is 1.56. The summed E-state index contributed by atoms with van der Waals surface area (Å²) in [6.45, 7) is 2.74. The zero-order chi connectivity index (χ0) is 20.4. The largest absolute Gasteiger partial charge is 0.496 e. The van der Waals surface area contributed by atoms with E-state index < -0.39 is 10.0 Å². The third-order valence-electron chi connectivity index (χ3n) is 5.18. The van der Waals surface area contributed by atoms with Gasteiger partial charge in [-0.3, -0.25) is 0 Å². The molecule has 1 aromatic heterocycles. The first-order valence-electron chi connectivity index (χ1n) is 9.53. The van der Waals surface area contributed by atoms with Crippen LogP contribution in [0, 0.1) is 6.92 Å². The number of benzene rings is 2. The molecule has 2 aromatic carbocycles. The van der Waals surface area contributed by atoms with Gasteiger partial charge in [0.15, 0.2) is 0 Å². The Kier molecular flexibility index (Phi) is 5.38. The Hall–Kier alpha value is -2.71. The summed E-state index contributed by atoms with van der Waals surface area (Å²) in [6, 6.07) is 14.4. The molecular weight excluding hydrogens is 390 g/mol. The van der Waals surface area contributed by atoms with Gasteiger partial charge >= 0.3 is 0 Å². The van der Waals surface area contributed by atoms with E-state index in [1.807, 2.05) is 43.3 Å². The van der Waals surface area contributed by atoms with E-state index in [1.165, 1.54) is 4.31 Å². The number of sulfonamides is 1. The molecule has 8 heteroatoms. The van der Waals surface area contributed by atoms with E-state index in [2.05, 4.69) is 10.1 Å². The maximum absolute atomic E-state index is 13.0. The van der Waals surface area contributed by atoms with Crippen LogP contribution in [0.4, 0.5) is 0 Å². The van der Waals surface area contributed by atoms with Gasteiger partial charge in [-0.2, -0.15) is 9.29 Å². The molecule has 0 N–H and O–H groups in total. The lowest BCUT2D eigenvalue weighted by atomic mass is 10.00. The summed E-state index contributed by atoms with van der Waals surface area (Å²) in [5.74, 6) is 1.41. The highest BCUT2D eigenvalue weighted by molar-refractivity contribution is 7.89. The number of aryl methyl sites for hydroxylation is 1. The standard InChI is InChI=1S/C21H23N3O4S/c1-15-9-11-17(12-10-15)29(25,26)24-13-5-6-16(14-24)21-22-20(23-28-21)18-7-3-4-8-19(18)27-2/h3-4,7-12,16H,5-6,13-14H2,1-2H3. The van der Waals surface area contributed by atoms with Crippen LogP contribution in [0.2, 0.25) is 0 Å². The molecule has 4 rings (SSSR count). The van der Waals surface area contributed by atoms with Crippen molar-refractivity contribution in [3.63, 3.8) is 0 Å². The number of hydrogen-bond acceptors (Lipinski definition) is 6. The lowest BCUT2D eigenvalue weighted by Gasteiger charge is -2.30. The van der Waals surface area contributed by atoms with Gasteiger partial charge in [-0.05, 0) is 44.0 Å². The molecule has 1 aliphatic rings. The fraction of sp³-hybridized carbons (Fsp3) is 0.333. The molecule has 0 saturated carbocycles. The van der Waals surface area contributed by atoms with Crippen molar-refractivity contribution >= 4 is 10.0 Å². The summed E-state index contributed by atoms with van der Waals surface area (Å²) in [7, 11) is -1.96. The molecule has 0 spiro atoms. The Bertz CT molecular complexity index is 1090. The van der Waals surface area contributed by atoms with Gasteiger partial charge in [0, 0.05) is 13.1 Å². The van der Waals surface area contributed by atoms with Gasteiger partial charge < -0.3 is 9.26 Å². The third kappa shape index (κ3) is 3.90. The Morgan fingerprint density at radius 1 is 1.14 bits per heavy atom. The maximum atomic E-state index is 13.0. The molecule has 152 valence electrons. The van der Waals surface area contributed by atoms with Crippen molar-refractivity contribution in [2.45, 2.75) is 30.6 Å². The Morgan fingerprint density at radius 2 is 1.90 bits per heavy atom. The van der Waals surface area contributed by atoms with Gasteiger partial charge in [0.2, 0.25) is 21.7 Å². The van der Waals surface area contributed by atoms with Gasteiger partial charge in [-0.1, -0.05) is 35.0 Å². The molecule has 29 heavy (non-hydrogen) atoms. The second-order valence-corrected chi connectivity index (χ2v) is 9.11. The average Bonchev–Trinajstić information content (AvgIpc) is 3.24. The van der Waals surface area contributed by atoms with E-state index in [4.69, 9.17) is 9.26 Å². The van der Waals surface area contributed by atoms with Gasteiger partial charge in [-0.25, -0.2) is 8.42 Å². The first kappa shape index (κ1) is 19.6. The van der Waals surface area contributed by atoms with Crippen molar-refractivity contribution in [2.75, 3.05) is 20.2 Å². The topological polar surface area (TPSA) is 85.5 Å². The monoisotopic (exact) mass is 413 g/mol. The smallest absolute Gasteiger partial charge is 0.243 e. The number of para-hydroxylation sites is 1. The zero-order valence-corrected chi connectivity index (χ0v) is 17.2. The molecule has 0 amide bonds. The van der Waals surface area contributed by atoms with Gasteiger partial charge in [0.25, 0.3) is 0 Å². The van der Waals surface area contributed by atoms with Crippen molar-refractivity contribution in [1.82, 2.24) is 14.4 Å². The first-order valence-corrected chi connectivity index (χ1v) is 11.0. The summed E-state index contributed by atoms with van der Waals surface area (Å²) < 4.78 is 38.4. The van der Waals surface area contributed by atoms with E-state index in [-0.39, 0.29) is 5.92 Å². The molecule has 0 radical (unpaired) electrons. The molecule has 1 unspecified atom stereocenters. The van der Waals surface area contributed by atoms with Gasteiger partial charge in [0.05, 0.1) is 23.5 Å². The van der Waals surface area contributed by atoms with Crippen LogP contribution in [0.15, 0.2) is 57.9 Å². The number of piperidine rings is 1. The normalized spacial score (nSPS) is 17.9. The van der Waals surface area contributed by atoms with Crippen LogP contribution in [0.3, 0.4) is 0 Å². The maximum Gasteiger partial charge on any atom is 0.243 e. The summed E-state index contributed by atoms with van der Waals surface area (Å²) in [5.41, 5.74) is 1.76. The minimum atomic E-state index is -3.55. The van der Waals surface area contributed by atoms with Crippen LogP contribution in [0.1, 0.15) is 30.2 Å². The number of ether oxygens (including phenoxy) is 1. The number of methoxy groups -OCH3 is 1. The highest BCUT2D eigenvalue weighted by Crippen LogP contribution is 2.32. The number of hydrogen-bond donors (Lipinski definition) is 0. The summed E-state index contributed by atoms with van der Waals surface area (Å²) in [5, 5.41) is 4.09. The van der Waals surface area contributed by atoms with Crippen LogP contribution in [0.25, 0.3) is 11.4 Å². The second kappa shape index (κ2) is 7.96. The molecule has 0 aliphatic carbocycles. The van der Waals surface area contributed by atoms with E-state index in [0.717, 1.165) is 24.0 Å². The van der Waals surface area contributed by atoms with Crippen LogP contribution in [-0.2, 0) is 10.0 Å². The molecule has 0 bridgehead atoms. The quantitative estimate of drug-likeness (QED) is 0.635. The average molecular weight is 413 g/mol. The highest BCUT2D eigenvalue weighted by Gasteiger charge is 2.33. The van der Waals surface area contributed by atoms with E-state index in [0.29, 0.717) is 35.4 Å². The molecular formula is C21H23N3O4S. The van der Waals surface area contributed by atoms with Crippen molar-refractivity contribution in [3.8, 4) is 17.1 Å². The Labute approximate surface area is 170 Å². The molecule has 1 saturated heterocycles. The first-order chi connectivity index (χ1) is 14.0. The van der Waals surface area contributed by atoms with Crippen molar-refractivity contribution in [1.29, 1.82) is 0 Å². The number of rotatable bonds is 5. The van der Waals surface area contributed by atoms with Crippen LogP contribution < -0.4 is 4.74 Å². The number of nitrogens with zero attached hydrogens (tertiary/aromatic N) is 3. The minimum Gasteiger partial charge on any atom is -0.496 e. The van der Waals surface area contributed by atoms with Crippen molar-refractivity contribution in [3.05, 3.63) is 60.0 Å². The molecule has 3 aromatic rings. The zero-order valence-electron chi connectivity index (χ0n) is 16.4. The summed E-state index contributed by atoms with van der Waals surface area (Å²) >= 11 is 0. The van der Waals surface area contributed by atoms with Crippen LogP contribution in [-0.4, -0.2) is 43.1 Å². The highest BCUT2D eigenvalue weighted by atomic mass is 32.2. The van der Waals surface area contributed by atoms with Gasteiger partial charge in [-0.15, -0.1) is 0 Å². The van der Waals surface area contributed by atoms with E-state index in [9.17, 15) is 8.42 Å². The number of aromatic nitrogens is 2. The van der Waals surface area contributed by atoms with Gasteiger partial charge in [0.1, 0.15) is 5.75 Å².